The first-order valence-corrected chi connectivity index (χ1v) is 5.72. The van der Waals surface area contributed by atoms with E-state index in [0.29, 0.717) is 19.0 Å². The molecule has 1 aliphatic heterocycles. The van der Waals surface area contributed by atoms with E-state index in [2.05, 4.69) is 0 Å². The number of ketones is 1. The molecule has 1 atom stereocenters. The van der Waals surface area contributed by atoms with Crippen LogP contribution in [0, 0.1) is 5.92 Å². The molecule has 0 radical (unpaired) electrons. The first-order chi connectivity index (χ1) is 8.29. The Bertz CT molecular complexity index is 366. The molecule has 1 fully saturated rings. The zero-order chi connectivity index (χ0) is 12.1. The van der Waals surface area contributed by atoms with Gasteiger partial charge in [0.2, 0.25) is 0 Å². The van der Waals surface area contributed by atoms with E-state index in [1.54, 1.807) is 24.3 Å². The lowest BCUT2D eigenvalue weighted by molar-refractivity contribution is -0.124. The van der Waals surface area contributed by atoms with Crippen molar-refractivity contribution in [2.45, 2.75) is 13.0 Å². The van der Waals surface area contributed by atoms with Gasteiger partial charge in [-0.2, -0.15) is 0 Å². The van der Waals surface area contributed by atoms with E-state index >= 15 is 0 Å². The van der Waals surface area contributed by atoms with Crippen LogP contribution in [0.25, 0.3) is 0 Å². The Kier molecular flexibility index (Phi) is 4.12. The molecule has 0 aliphatic carbocycles. The Balaban J connectivity index is 1.82. The van der Waals surface area contributed by atoms with E-state index in [9.17, 15) is 4.79 Å². The molecule has 92 valence electrons. The highest BCUT2D eigenvalue weighted by Gasteiger charge is 2.23. The Morgan fingerprint density at radius 3 is 2.76 bits per heavy atom. The summed E-state index contributed by atoms with van der Waals surface area (Å²) < 4.78 is 10.5. The summed E-state index contributed by atoms with van der Waals surface area (Å²) in [7, 11) is 0. The van der Waals surface area contributed by atoms with Crippen molar-refractivity contribution in [2.24, 2.45) is 5.92 Å². The molecule has 1 heterocycles. The van der Waals surface area contributed by atoms with Crippen molar-refractivity contribution in [2.75, 3.05) is 19.8 Å². The zero-order valence-electron chi connectivity index (χ0n) is 9.59. The van der Waals surface area contributed by atoms with Crippen LogP contribution in [0.5, 0.6) is 5.75 Å². The molecule has 1 aromatic rings. The number of hydrogen-bond donors (Lipinski definition) is 1. The van der Waals surface area contributed by atoms with Crippen molar-refractivity contribution < 1.29 is 19.4 Å². The van der Waals surface area contributed by atoms with Gasteiger partial charge in [-0.05, 0) is 24.1 Å². The van der Waals surface area contributed by atoms with Gasteiger partial charge in [-0.25, -0.2) is 0 Å². The fourth-order valence-corrected chi connectivity index (χ4v) is 1.75. The van der Waals surface area contributed by atoms with Crippen LogP contribution >= 0.6 is 0 Å². The van der Waals surface area contributed by atoms with Gasteiger partial charge in [0.05, 0.1) is 13.2 Å². The van der Waals surface area contributed by atoms with Gasteiger partial charge in [-0.3, -0.25) is 4.79 Å². The minimum Gasteiger partial charge on any atom is -0.486 e. The molecule has 0 saturated carbocycles. The summed E-state index contributed by atoms with van der Waals surface area (Å²) in [6.07, 6.45) is 0.797. The Labute approximate surface area is 100 Å². The second-order valence-corrected chi connectivity index (χ2v) is 4.12. The van der Waals surface area contributed by atoms with Crippen molar-refractivity contribution in [3.8, 4) is 5.75 Å². The number of aliphatic hydroxyl groups is 1. The lowest BCUT2D eigenvalue weighted by atomic mass is 10.0. The maximum absolute atomic E-state index is 11.7. The van der Waals surface area contributed by atoms with E-state index in [4.69, 9.17) is 14.6 Å². The quantitative estimate of drug-likeness (QED) is 0.833. The van der Waals surface area contributed by atoms with Crippen LogP contribution in [-0.2, 0) is 16.1 Å². The van der Waals surface area contributed by atoms with Crippen molar-refractivity contribution in [1.29, 1.82) is 0 Å². The zero-order valence-corrected chi connectivity index (χ0v) is 9.59. The van der Waals surface area contributed by atoms with Gasteiger partial charge in [-0.1, -0.05) is 12.1 Å². The van der Waals surface area contributed by atoms with Crippen LogP contribution in [0.3, 0.4) is 0 Å². The largest absolute Gasteiger partial charge is 0.486 e. The van der Waals surface area contributed by atoms with Crippen molar-refractivity contribution >= 4 is 5.78 Å². The number of aliphatic hydroxyl groups excluding tert-OH is 1. The summed E-state index contributed by atoms with van der Waals surface area (Å²) >= 11 is 0. The maximum Gasteiger partial charge on any atom is 0.175 e. The number of benzene rings is 1. The average Bonchev–Trinajstić information content (AvgIpc) is 2.90. The molecule has 1 aliphatic rings. The van der Waals surface area contributed by atoms with E-state index in [0.717, 1.165) is 12.0 Å². The monoisotopic (exact) mass is 236 g/mol. The normalized spacial score (nSPS) is 19.2. The van der Waals surface area contributed by atoms with Crippen LogP contribution in [-0.4, -0.2) is 30.7 Å². The minimum atomic E-state index is -0.00767. The average molecular weight is 236 g/mol. The SMILES string of the molecule is O=C(COc1ccc(CO)cc1)C1CCOC1. The van der Waals surface area contributed by atoms with E-state index in [-0.39, 0.29) is 24.9 Å². The van der Waals surface area contributed by atoms with Crippen LogP contribution < -0.4 is 4.74 Å². The topological polar surface area (TPSA) is 55.8 Å². The van der Waals surface area contributed by atoms with Gasteiger partial charge in [0.1, 0.15) is 12.4 Å². The van der Waals surface area contributed by atoms with Gasteiger partial charge in [0.15, 0.2) is 5.78 Å². The molecular weight excluding hydrogens is 220 g/mol. The van der Waals surface area contributed by atoms with Gasteiger partial charge in [-0.15, -0.1) is 0 Å². The summed E-state index contributed by atoms with van der Waals surface area (Å²) in [5.41, 5.74) is 0.827. The van der Waals surface area contributed by atoms with Gasteiger partial charge < -0.3 is 14.6 Å². The predicted octanol–water partition coefficient (Wildman–Crippen LogP) is 1.16. The molecule has 1 N–H and O–H groups in total. The van der Waals surface area contributed by atoms with E-state index in [1.165, 1.54) is 0 Å². The number of carbonyl (C=O) groups excluding carboxylic acids is 1. The van der Waals surface area contributed by atoms with Crippen LogP contribution in [0.1, 0.15) is 12.0 Å². The second kappa shape index (κ2) is 5.80. The molecule has 4 heteroatoms. The molecule has 0 bridgehead atoms. The summed E-state index contributed by atoms with van der Waals surface area (Å²) in [4.78, 5) is 11.7. The first kappa shape index (κ1) is 12.1. The minimum absolute atomic E-state index is 0.00767. The van der Waals surface area contributed by atoms with Crippen molar-refractivity contribution in [1.82, 2.24) is 0 Å². The number of rotatable bonds is 5. The van der Waals surface area contributed by atoms with Crippen LogP contribution in [0.2, 0.25) is 0 Å². The Morgan fingerprint density at radius 2 is 2.18 bits per heavy atom. The summed E-state index contributed by atoms with van der Waals surface area (Å²) in [5.74, 6) is 0.731. The highest BCUT2D eigenvalue weighted by Crippen LogP contribution is 2.16. The fourth-order valence-electron chi connectivity index (χ4n) is 1.75. The molecule has 0 aromatic heterocycles. The van der Waals surface area contributed by atoms with Crippen LogP contribution in [0.15, 0.2) is 24.3 Å². The molecule has 1 saturated heterocycles. The number of hydrogen-bond acceptors (Lipinski definition) is 4. The highest BCUT2D eigenvalue weighted by atomic mass is 16.5. The Morgan fingerprint density at radius 1 is 1.41 bits per heavy atom. The third kappa shape index (κ3) is 3.28. The lowest BCUT2D eigenvalue weighted by Gasteiger charge is -2.09. The number of ether oxygens (including phenoxy) is 2. The highest BCUT2D eigenvalue weighted by molar-refractivity contribution is 5.82. The molecule has 2 rings (SSSR count). The molecule has 4 nitrogen and oxygen atoms in total. The molecule has 17 heavy (non-hydrogen) atoms. The third-order valence-electron chi connectivity index (χ3n) is 2.87. The van der Waals surface area contributed by atoms with Gasteiger partial charge >= 0.3 is 0 Å². The van der Waals surface area contributed by atoms with Crippen molar-refractivity contribution in [3.63, 3.8) is 0 Å². The number of carbonyl (C=O) groups is 1. The summed E-state index contributed by atoms with van der Waals surface area (Å²) in [5, 5.41) is 8.88. The molecule has 1 unspecified atom stereocenters. The van der Waals surface area contributed by atoms with E-state index < -0.39 is 0 Å². The predicted molar refractivity (Wildman–Crippen MR) is 61.8 cm³/mol. The van der Waals surface area contributed by atoms with Gasteiger partial charge in [0, 0.05) is 12.5 Å². The first-order valence-electron chi connectivity index (χ1n) is 5.72. The number of Topliss-reactive ketones (excluding diaryl/α,β-unsaturated/α-hetero) is 1. The molecule has 1 aromatic carbocycles. The van der Waals surface area contributed by atoms with E-state index in [1.807, 2.05) is 0 Å². The second-order valence-electron chi connectivity index (χ2n) is 4.12. The van der Waals surface area contributed by atoms with Crippen LogP contribution in [0.4, 0.5) is 0 Å². The molecular formula is C13H16O4. The Hall–Kier alpha value is -1.39. The standard InChI is InChI=1S/C13H16O4/c14-7-10-1-3-12(4-2-10)17-9-13(15)11-5-6-16-8-11/h1-4,11,14H,5-9H2. The molecule has 0 amide bonds. The summed E-state index contributed by atoms with van der Waals surface area (Å²) in [6, 6.07) is 7.06. The van der Waals surface area contributed by atoms with Gasteiger partial charge in [0.25, 0.3) is 0 Å². The fraction of sp³-hybridized carbons (Fsp3) is 0.462. The summed E-state index contributed by atoms with van der Waals surface area (Å²) in [6.45, 7) is 1.29. The maximum atomic E-state index is 11.7. The lowest BCUT2D eigenvalue weighted by Crippen LogP contribution is -2.21. The van der Waals surface area contributed by atoms with Crippen molar-refractivity contribution in [3.05, 3.63) is 29.8 Å². The molecule has 0 spiro atoms. The smallest absolute Gasteiger partial charge is 0.175 e. The third-order valence-corrected chi connectivity index (χ3v) is 2.87.